The number of hydrogen-bond donors (Lipinski definition) is 1. The summed E-state index contributed by atoms with van der Waals surface area (Å²) in [6.45, 7) is 6.74. The largest absolute Gasteiger partial charge is 0.389 e. The number of aliphatic hydroxyl groups is 1. The van der Waals surface area contributed by atoms with Crippen molar-refractivity contribution in [2.45, 2.75) is 45.6 Å². The first-order valence-electron chi connectivity index (χ1n) is 8.77. The van der Waals surface area contributed by atoms with Gasteiger partial charge in [-0.05, 0) is 24.5 Å². The lowest BCUT2D eigenvalue weighted by molar-refractivity contribution is -0.0176. The summed E-state index contributed by atoms with van der Waals surface area (Å²) in [4.78, 5) is 2.27. The molecule has 2 aromatic carbocycles. The molecule has 1 N–H and O–H groups in total. The zero-order valence-electron chi connectivity index (χ0n) is 14.8. The molecule has 0 heterocycles. The van der Waals surface area contributed by atoms with Crippen LogP contribution in [0.5, 0.6) is 0 Å². The molecule has 0 fully saturated rings. The van der Waals surface area contributed by atoms with Gasteiger partial charge in [0.1, 0.15) is 0 Å². The Balaban J connectivity index is 1.96. The van der Waals surface area contributed by atoms with Crippen molar-refractivity contribution in [2.75, 3.05) is 13.2 Å². The van der Waals surface area contributed by atoms with E-state index in [1.807, 2.05) is 19.1 Å². The molecule has 0 spiro atoms. The minimum atomic E-state index is -0.480. The molecule has 0 bridgehead atoms. The highest BCUT2D eigenvalue weighted by molar-refractivity contribution is 5.17. The molecule has 2 rings (SSSR count). The molecule has 0 aliphatic rings. The second kappa shape index (κ2) is 10.2. The number of benzene rings is 2. The minimum absolute atomic E-state index is 0.191. The highest BCUT2D eigenvalue weighted by Gasteiger charge is 2.14. The fourth-order valence-corrected chi connectivity index (χ4v) is 2.61. The lowest BCUT2D eigenvalue weighted by atomic mass is 10.1. The number of ether oxygens (including phenoxy) is 1. The first kappa shape index (κ1) is 18.7. The summed E-state index contributed by atoms with van der Waals surface area (Å²) in [6.07, 6.45) is 0.674. The Morgan fingerprint density at radius 2 is 1.42 bits per heavy atom. The van der Waals surface area contributed by atoms with E-state index < -0.39 is 6.10 Å². The van der Waals surface area contributed by atoms with Crippen molar-refractivity contribution >= 4 is 0 Å². The van der Waals surface area contributed by atoms with Gasteiger partial charge in [-0.3, -0.25) is 4.90 Å². The Kier molecular flexibility index (Phi) is 7.96. The third-order valence-corrected chi connectivity index (χ3v) is 4.12. The van der Waals surface area contributed by atoms with E-state index in [0.717, 1.165) is 19.5 Å². The standard InChI is InChI=1S/C21H29NO2/c1-3-18(2)24-17-21(23)16-22(14-19-10-6-4-7-11-19)15-20-12-8-5-9-13-20/h4-13,18,21,23H,3,14-17H2,1-2H3. The molecular weight excluding hydrogens is 298 g/mol. The van der Waals surface area contributed by atoms with Crippen molar-refractivity contribution < 1.29 is 9.84 Å². The van der Waals surface area contributed by atoms with E-state index in [0.29, 0.717) is 13.2 Å². The van der Waals surface area contributed by atoms with Gasteiger partial charge in [0.25, 0.3) is 0 Å². The third kappa shape index (κ3) is 6.83. The second-order valence-electron chi connectivity index (χ2n) is 6.35. The van der Waals surface area contributed by atoms with Gasteiger partial charge in [-0.1, -0.05) is 67.6 Å². The van der Waals surface area contributed by atoms with Gasteiger partial charge in [0.15, 0.2) is 0 Å². The molecule has 3 heteroatoms. The Bertz CT molecular complexity index is 517. The maximum Gasteiger partial charge on any atom is 0.0900 e. The molecule has 0 saturated carbocycles. The molecule has 0 aliphatic carbocycles. The number of hydrogen-bond acceptors (Lipinski definition) is 3. The maximum atomic E-state index is 10.4. The van der Waals surface area contributed by atoms with Gasteiger partial charge in [0, 0.05) is 19.6 Å². The molecule has 2 atom stereocenters. The molecule has 130 valence electrons. The Labute approximate surface area is 145 Å². The number of nitrogens with zero attached hydrogens (tertiary/aromatic N) is 1. The smallest absolute Gasteiger partial charge is 0.0900 e. The molecule has 0 amide bonds. The molecule has 3 nitrogen and oxygen atoms in total. The van der Waals surface area contributed by atoms with Gasteiger partial charge in [-0.25, -0.2) is 0 Å². The van der Waals surface area contributed by atoms with Gasteiger partial charge in [0.2, 0.25) is 0 Å². The highest BCUT2D eigenvalue weighted by Crippen LogP contribution is 2.11. The first-order valence-corrected chi connectivity index (χ1v) is 8.77. The van der Waals surface area contributed by atoms with Gasteiger partial charge in [0.05, 0.1) is 18.8 Å². The van der Waals surface area contributed by atoms with Crippen LogP contribution in [-0.4, -0.2) is 35.4 Å². The summed E-state index contributed by atoms with van der Waals surface area (Å²) in [7, 11) is 0. The van der Waals surface area contributed by atoms with Crippen LogP contribution < -0.4 is 0 Å². The summed E-state index contributed by atoms with van der Waals surface area (Å²) in [6, 6.07) is 20.8. The van der Waals surface area contributed by atoms with Gasteiger partial charge in [-0.15, -0.1) is 0 Å². The highest BCUT2D eigenvalue weighted by atomic mass is 16.5. The van der Waals surface area contributed by atoms with Crippen LogP contribution in [0.15, 0.2) is 60.7 Å². The lowest BCUT2D eigenvalue weighted by Crippen LogP contribution is -2.35. The Hall–Kier alpha value is -1.68. The zero-order valence-corrected chi connectivity index (χ0v) is 14.8. The summed E-state index contributed by atoms with van der Waals surface area (Å²) in [5.74, 6) is 0. The monoisotopic (exact) mass is 327 g/mol. The van der Waals surface area contributed by atoms with E-state index in [1.54, 1.807) is 0 Å². The third-order valence-electron chi connectivity index (χ3n) is 4.12. The van der Waals surface area contributed by atoms with E-state index >= 15 is 0 Å². The zero-order chi connectivity index (χ0) is 17.2. The van der Waals surface area contributed by atoms with Crippen molar-refractivity contribution in [2.24, 2.45) is 0 Å². The van der Waals surface area contributed by atoms with Gasteiger partial charge >= 0.3 is 0 Å². The first-order chi connectivity index (χ1) is 11.7. The SMILES string of the molecule is CCC(C)OCC(O)CN(Cc1ccccc1)Cc1ccccc1. The second-order valence-corrected chi connectivity index (χ2v) is 6.35. The fraction of sp³-hybridized carbons (Fsp3) is 0.429. The maximum absolute atomic E-state index is 10.4. The van der Waals surface area contributed by atoms with Crippen molar-refractivity contribution in [3.05, 3.63) is 71.8 Å². The number of aliphatic hydroxyl groups excluding tert-OH is 1. The minimum Gasteiger partial charge on any atom is -0.389 e. The van der Waals surface area contributed by atoms with Crippen LogP contribution in [0.25, 0.3) is 0 Å². The van der Waals surface area contributed by atoms with Crippen LogP contribution in [0, 0.1) is 0 Å². The molecule has 2 unspecified atom stereocenters. The molecule has 0 saturated heterocycles. The normalized spacial score (nSPS) is 13.8. The van der Waals surface area contributed by atoms with Crippen LogP contribution in [0.1, 0.15) is 31.4 Å². The molecular formula is C21H29NO2. The fourth-order valence-electron chi connectivity index (χ4n) is 2.61. The molecule has 24 heavy (non-hydrogen) atoms. The summed E-state index contributed by atoms with van der Waals surface area (Å²) in [5, 5.41) is 10.4. The molecule has 0 aromatic heterocycles. The van der Waals surface area contributed by atoms with Crippen LogP contribution in [0.3, 0.4) is 0 Å². The van der Waals surface area contributed by atoms with E-state index in [1.165, 1.54) is 11.1 Å². The van der Waals surface area contributed by atoms with E-state index in [-0.39, 0.29) is 6.10 Å². The van der Waals surface area contributed by atoms with Crippen molar-refractivity contribution in [3.8, 4) is 0 Å². The average molecular weight is 327 g/mol. The van der Waals surface area contributed by atoms with E-state index in [2.05, 4.69) is 60.4 Å². The van der Waals surface area contributed by atoms with E-state index in [9.17, 15) is 5.11 Å². The molecule has 0 aliphatic heterocycles. The predicted molar refractivity (Wildman–Crippen MR) is 98.7 cm³/mol. The lowest BCUT2D eigenvalue weighted by Gasteiger charge is -2.26. The van der Waals surface area contributed by atoms with Crippen molar-refractivity contribution in [1.82, 2.24) is 4.90 Å². The molecule has 0 radical (unpaired) electrons. The Morgan fingerprint density at radius 3 is 1.88 bits per heavy atom. The average Bonchev–Trinajstić information content (AvgIpc) is 2.61. The summed E-state index contributed by atoms with van der Waals surface area (Å²) < 4.78 is 5.68. The van der Waals surface area contributed by atoms with Gasteiger partial charge in [-0.2, -0.15) is 0 Å². The van der Waals surface area contributed by atoms with E-state index in [4.69, 9.17) is 4.74 Å². The van der Waals surface area contributed by atoms with Crippen LogP contribution in [0.2, 0.25) is 0 Å². The van der Waals surface area contributed by atoms with Crippen molar-refractivity contribution in [1.29, 1.82) is 0 Å². The summed E-state index contributed by atoms with van der Waals surface area (Å²) in [5.41, 5.74) is 2.51. The van der Waals surface area contributed by atoms with Gasteiger partial charge < -0.3 is 9.84 Å². The van der Waals surface area contributed by atoms with Crippen LogP contribution in [-0.2, 0) is 17.8 Å². The predicted octanol–water partition coefficient (Wildman–Crippen LogP) is 3.86. The van der Waals surface area contributed by atoms with Crippen LogP contribution >= 0.6 is 0 Å². The molecule has 2 aromatic rings. The number of rotatable bonds is 10. The topological polar surface area (TPSA) is 32.7 Å². The summed E-state index contributed by atoms with van der Waals surface area (Å²) >= 11 is 0. The quantitative estimate of drug-likeness (QED) is 0.719. The van der Waals surface area contributed by atoms with Crippen LogP contribution in [0.4, 0.5) is 0 Å². The Morgan fingerprint density at radius 1 is 0.917 bits per heavy atom. The van der Waals surface area contributed by atoms with Crippen molar-refractivity contribution in [3.63, 3.8) is 0 Å².